The molecule has 0 atom stereocenters. The van der Waals surface area contributed by atoms with Crippen LogP contribution in [0.15, 0.2) is 42.7 Å². The second-order valence-electron chi connectivity index (χ2n) is 4.93. The van der Waals surface area contributed by atoms with Gasteiger partial charge in [-0.05, 0) is 25.1 Å². The zero-order chi connectivity index (χ0) is 16.1. The number of fused-ring (bicyclic) bond motifs is 1. The van der Waals surface area contributed by atoms with Gasteiger partial charge < -0.3 is 24.9 Å². The molecule has 0 saturated heterocycles. The van der Waals surface area contributed by atoms with E-state index in [2.05, 4.69) is 9.97 Å². The number of pyridine rings is 1. The summed E-state index contributed by atoms with van der Waals surface area (Å²) in [5.41, 5.74) is 6.68. The summed E-state index contributed by atoms with van der Waals surface area (Å²) < 4.78 is 17.0. The highest BCUT2D eigenvalue weighted by molar-refractivity contribution is 5.83. The molecular weight excluding hydrogens is 294 g/mol. The van der Waals surface area contributed by atoms with E-state index in [1.165, 1.54) is 0 Å². The Morgan fingerprint density at radius 3 is 2.87 bits per heavy atom. The van der Waals surface area contributed by atoms with Crippen molar-refractivity contribution in [3.05, 3.63) is 42.7 Å². The summed E-state index contributed by atoms with van der Waals surface area (Å²) in [6.07, 6.45) is 3.48. The quantitative estimate of drug-likeness (QED) is 0.654. The maximum Gasteiger partial charge on any atom is 0.170 e. The number of H-pyrrole nitrogens is 1. The zero-order valence-electron chi connectivity index (χ0n) is 12.9. The number of benzene rings is 1. The average molecular weight is 313 g/mol. The van der Waals surface area contributed by atoms with E-state index in [0.717, 1.165) is 10.9 Å². The van der Waals surface area contributed by atoms with E-state index in [0.29, 0.717) is 42.9 Å². The topological polar surface area (TPSA) is 82.4 Å². The number of nitrogens with two attached hydrogens (primary N) is 1. The highest BCUT2D eigenvalue weighted by Crippen LogP contribution is 2.35. The first-order valence-electron chi connectivity index (χ1n) is 7.47. The van der Waals surface area contributed by atoms with Crippen LogP contribution in [0.5, 0.6) is 17.2 Å². The molecule has 0 aliphatic heterocycles. The molecule has 1 aromatic carbocycles. The minimum atomic E-state index is 0.407. The molecule has 0 fully saturated rings. The molecular formula is C17H19N3O3. The van der Waals surface area contributed by atoms with Crippen LogP contribution in [0.3, 0.4) is 0 Å². The van der Waals surface area contributed by atoms with Crippen LogP contribution in [0, 0.1) is 0 Å². The van der Waals surface area contributed by atoms with Gasteiger partial charge >= 0.3 is 0 Å². The third-order valence-corrected chi connectivity index (χ3v) is 3.29. The molecule has 3 aromatic rings. The van der Waals surface area contributed by atoms with Gasteiger partial charge in [0.1, 0.15) is 18.2 Å². The monoisotopic (exact) mass is 313 g/mol. The van der Waals surface area contributed by atoms with Crippen LogP contribution in [0.4, 0.5) is 5.82 Å². The molecule has 2 heterocycles. The van der Waals surface area contributed by atoms with Crippen molar-refractivity contribution in [1.82, 2.24) is 9.97 Å². The van der Waals surface area contributed by atoms with Crippen LogP contribution in [-0.2, 0) is 4.74 Å². The molecule has 23 heavy (non-hydrogen) atoms. The molecule has 0 aliphatic rings. The van der Waals surface area contributed by atoms with Gasteiger partial charge in [0.2, 0.25) is 0 Å². The molecule has 6 nitrogen and oxygen atoms in total. The molecule has 0 radical (unpaired) electrons. The van der Waals surface area contributed by atoms with E-state index in [4.69, 9.17) is 19.9 Å². The maximum atomic E-state index is 5.93. The lowest BCUT2D eigenvalue weighted by atomic mass is 10.2. The summed E-state index contributed by atoms with van der Waals surface area (Å²) in [6.45, 7) is 3.60. The third-order valence-electron chi connectivity index (χ3n) is 3.29. The molecule has 0 bridgehead atoms. The first-order chi connectivity index (χ1) is 11.3. The lowest BCUT2D eigenvalue weighted by Gasteiger charge is -2.13. The zero-order valence-corrected chi connectivity index (χ0v) is 12.9. The van der Waals surface area contributed by atoms with Crippen molar-refractivity contribution in [1.29, 1.82) is 0 Å². The van der Waals surface area contributed by atoms with Crippen molar-refractivity contribution >= 4 is 16.7 Å². The summed E-state index contributed by atoms with van der Waals surface area (Å²) in [5.74, 6) is 2.29. The Morgan fingerprint density at radius 2 is 2.04 bits per heavy atom. The fourth-order valence-corrected chi connectivity index (χ4v) is 2.23. The van der Waals surface area contributed by atoms with E-state index in [1.54, 1.807) is 18.3 Å². The van der Waals surface area contributed by atoms with Gasteiger partial charge in [0, 0.05) is 42.0 Å². The van der Waals surface area contributed by atoms with Gasteiger partial charge in [0.25, 0.3) is 0 Å². The Balaban J connectivity index is 1.86. The smallest absolute Gasteiger partial charge is 0.170 e. The van der Waals surface area contributed by atoms with Gasteiger partial charge in [-0.3, -0.25) is 0 Å². The molecule has 3 rings (SSSR count). The fraction of sp³-hybridized carbons (Fsp3) is 0.235. The number of hydrogen-bond donors (Lipinski definition) is 2. The first kappa shape index (κ1) is 15.2. The minimum Gasteiger partial charge on any atom is -0.487 e. The number of rotatable bonds is 7. The molecule has 0 unspecified atom stereocenters. The van der Waals surface area contributed by atoms with Gasteiger partial charge in [-0.15, -0.1) is 0 Å². The molecule has 2 aromatic heterocycles. The fourth-order valence-electron chi connectivity index (χ4n) is 2.23. The molecule has 0 amide bonds. The van der Waals surface area contributed by atoms with Crippen molar-refractivity contribution < 1.29 is 14.2 Å². The predicted octanol–water partition coefficient (Wildman–Crippen LogP) is 3.35. The lowest BCUT2D eigenvalue weighted by molar-refractivity contribution is 0.109. The highest BCUT2D eigenvalue weighted by atomic mass is 16.5. The van der Waals surface area contributed by atoms with E-state index in [1.807, 2.05) is 31.3 Å². The van der Waals surface area contributed by atoms with Gasteiger partial charge in [-0.25, -0.2) is 4.98 Å². The van der Waals surface area contributed by atoms with Crippen LogP contribution in [0.2, 0.25) is 0 Å². The standard InChI is InChI=1S/C17H19N3O3/c1-2-21-7-8-22-15-11-14-12(3-5-19-14)9-16(15)23-13-4-6-20-17(18)10-13/h3-6,9-11,19H,2,7-8H2,1H3,(H2,18,20). The Kier molecular flexibility index (Phi) is 4.63. The minimum absolute atomic E-state index is 0.407. The largest absolute Gasteiger partial charge is 0.487 e. The number of aromatic amines is 1. The number of nitrogens with zero attached hydrogens (tertiary/aromatic N) is 1. The Bertz CT molecular complexity index is 786. The van der Waals surface area contributed by atoms with Crippen LogP contribution >= 0.6 is 0 Å². The molecule has 0 aliphatic carbocycles. The van der Waals surface area contributed by atoms with E-state index >= 15 is 0 Å². The normalized spacial score (nSPS) is 10.8. The number of aromatic nitrogens is 2. The second kappa shape index (κ2) is 7.02. The number of ether oxygens (including phenoxy) is 3. The first-order valence-corrected chi connectivity index (χ1v) is 7.47. The molecule has 0 spiro atoms. The molecule has 3 N–H and O–H groups in total. The number of hydrogen-bond acceptors (Lipinski definition) is 5. The summed E-state index contributed by atoms with van der Waals surface area (Å²) in [4.78, 5) is 7.13. The van der Waals surface area contributed by atoms with Crippen LogP contribution in [0.25, 0.3) is 10.9 Å². The van der Waals surface area contributed by atoms with Crippen molar-refractivity contribution in [3.63, 3.8) is 0 Å². The van der Waals surface area contributed by atoms with Crippen molar-refractivity contribution in [2.75, 3.05) is 25.6 Å². The van der Waals surface area contributed by atoms with Gasteiger partial charge in [-0.2, -0.15) is 0 Å². The van der Waals surface area contributed by atoms with E-state index in [-0.39, 0.29) is 0 Å². The van der Waals surface area contributed by atoms with Crippen molar-refractivity contribution in [2.24, 2.45) is 0 Å². The average Bonchev–Trinajstić information content (AvgIpc) is 2.99. The third kappa shape index (κ3) is 3.73. The van der Waals surface area contributed by atoms with Crippen LogP contribution in [0.1, 0.15) is 6.92 Å². The molecule has 6 heteroatoms. The number of nitrogens with one attached hydrogen (secondary N) is 1. The lowest BCUT2D eigenvalue weighted by Crippen LogP contribution is -2.07. The number of anilines is 1. The van der Waals surface area contributed by atoms with Gasteiger partial charge in [0.15, 0.2) is 11.5 Å². The second-order valence-corrected chi connectivity index (χ2v) is 4.93. The maximum absolute atomic E-state index is 5.93. The molecule has 0 saturated carbocycles. The van der Waals surface area contributed by atoms with E-state index in [9.17, 15) is 0 Å². The Labute approximate surface area is 134 Å². The summed E-state index contributed by atoms with van der Waals surface area (Å²) in [6, 6.07) is 9.25. The SMILES string of the molecule is CCOCCOc1cc2[nH]ccc2cc1Oc1ccnc(N)c1. The van der Waals surface area contributed by atoms with Crippen molar-refractivity contribution in [3.8, 4) is 17.2 Å². The predicted molar refractivity (Wildman–Crippen MR) is 89.0 cm³/mol. The summed E-state index contributed by atoms with van der Waals surface area (Å²) in [7, 11) is 0. The van der Waals surface area contributed by atoms with Crippen LogP contribution < -0.4 is 15.2 Å². The molecule has 120 valence electrons. The Morgan fingerprint density at radius 1 is 1.13 bits per heavy atom. The van der Waals surface area contributed by atoms with E-state index < -0.39 is 0 Å². The Hall–Kier alpha value is -2.73. The summed E-state index contributed by atoms with van der Waals surface area (Å²) >= 11 is 0. The van der Waals surface area contributed by atoms with Gasteiger partial charge in [0.05, 0.1) is 6.61 Å². The van der Waals surface area contributed by atoms with Crippen molar-refractivity contribution in [2.45, 2.75) is 6.92 Å². The summed E-state index contributed by atoms with van der Waals surface area (Å²) in [5, 5.41) is 1.04. The van der Waals surface area contributed by atoms with Crippen LogP contribution in [-0.4, -0.2) is 29.8 Å². The highest BCUT2D eigenvalue weighted by Gasteiger charge is 2.10. The van der Waals surface area contributed by atoms with Gasteiger partial charge in [-0.1, -0.05) is 0 Å². The number of nitrogen functional groups attached to an aromatic ring is 1.